The monoisotopic (exact) mass is 292 g/mol. The first-order valence-electron chi connectivity index (χ1n) is 5.86. The van der Waals surface area contributed by atoms with Crippen molar-refractivity contribution >= 4 is 27.8 Å². The lowest BCUT2D eigenvalue weighted by atomic mass is 10.6. The molecular weight excluding hydrogens is 274 g/mol. The van der Waals surface area contributed by atoms with Crippen LogP contribution in [0.2, 0.25) is 0 Å². The van der Waals surface area contributed by atoms with E-state index in [-0.39, 0.29) is 28.9 Å². The second kappa shape index (κ2) is 6.25. The van der Waals surface area contributed by atoms with Gasteiger partial charge in [-0.1, -0.05) is 15.8 Å². The van der Waals surface area contributed by atoms with Crippen LogP contribution in [0.5, 0.6) is 0 Å². The van der Waals surface area contributed by atoms with Gasteiger partial charge in [0.05, 0.1) is 13.1 Å². The van der Waals surface area contributed by atoms with Gasteiger partial charge in [-0.15, -0.1) is 0 Å². The van der Waals surface area contributed by atoms with Crippen LogP contribution in [-0.2, 0) is 9.59 Å². The van der Waals surface area contributed by atoms with E-state index in [4.69, 9.17) is 10.2 Å². The second-order valence-corrected chi connectivity index (χ2v) is 9.51. The summed E-state index contributed by atoms with van der Waals surface area (Å²) >= 11 is 0. The molecule has 0 radical (unpaired) electrons. The Morgan fingerprint density at radius 1 is 0.833 bits per heavy atom. The molecule has 0 aliphatic carbocycles. The third-order valence-corrected chi connectivity index (χ3v) is 8.32. The fourth-order valence-corrected chi connectivity index (χ4v) is 8.84. The zero-order chi connectivity index (χ0) is 13.1. The van der Waals surface area contributed by atoms with Crippen LogP contribution < -0.4 is 0 Å². The highest BCUT2D eigenvalue weighted by Gasteiger charge is 2.31. The van der Waals surface area contributed by atoms with Crippen molar-refractivity contribution in [2.24, 2.45) is 0 Å². The van der Waals surface area contributed by atoms with Gasteiger partial charge in [0.2, 0.25) is 0 Å². The number of hydrogen-bond acceptors (Lipinski definition) is 4. The first kappa shape index (κ1) is 14.1. The minimum Gasteiger partial charge on any atom is -0.480 e. The number of rotatable bonds is 4. The van der Waals surface area contributed by atoms with Crippen molar-refractivity contribution in [3.63, 3.8) is 0 Å². The molecule has 0 amide bonds. The van der Waals surface area contributed by atoms with Gasteiger partial charge >= 0.3 is 11.9 Å². The SMILES string of the molecule is O=C(O)CN1CP2CCP(C1)CN(CC(=O)O)C2. The predicted octanol–water partition coefficient (Wildman–Crippen LogP) is 0.581. The Hall–Kier alpha value is -0.280. The van der Waals surface area contributed by atoms with Crippen LogP contribution in [0, 0.1) is 0 Å². The van der Waals surface area contributed by atoms with E-state index >= 15 is 0 Å². The van der Waals surface area contributed by atoms with Gasteiger partial charge in [-0.3, -0.25) is 19.4 Å². The Morgan fingerprint density at radius 2 is 1.17 bits per heavy atom. The molecule has 2 bridgehead atoms. The number of carboxylic acids is 2. The first-order valence-corrected chi connectivity index (χ1v) is 9.65. The van der Waals surface area contributed by atoms with E-state index < -0.39 is 11.9 Å². The lowest BCUT2D eigenvalue weighted by molar-refractivity contribution is -0.138. The second-order valence-electron chi connectivity index (χ2n) is 4.80. The molecule has 2 saturated heterocycles. The van der Waals surface area contributed by atoms with Gasteiger partial charge < -0.3 is 10.2 Å². The molecule has 102 valence electrons. The van der Waals surface area contributed by atoms with Crippen LogP contribution in [0.4, 0.5) is 0 Å². The fraction of sp³-hybridized carbons (Fsp3) is 0.800. The molecule has 0 aromatic rings. The summed E-state index contributed by atoms with van der Waals surface area (Å²) in [4.78, 5) is 25.7. The number of aliphatic carboxylic acids is 2. The van der Waals surface area contributed by atoms with Crippen LogP contribution in [0.3, 0.4) is 0 Å². The summed E-state index contributed by atoms with van der Waals surface area (Å²) in [5.74, 6) is -1.52. The molecule has 0 aromatic heterocycles. The largest absolute Gasteiger partial charge is 0.480 e. The standard InChI is InChI=1S/C10H18N2O4P2/c13-9(14)3-11-5-17-1-2-18(7-11)8-12(6-17)4-10(15)16/h1-8H2,(H,13,14)(H,15,16). The fourth-order valence-electron chi connectivity index (χ4n) is 2.46. The highest BCUT2D eigenvalue weighted by Crippen LogP contribution is 2.52. The first-order chi connectivity index (χ1) is 8.52. The molecule has 2 fully saturated rings. The third kappa shape index (κ3) is 4.13. The quantitative estimate of drug-likeness (QED) is 0.738. The van der Waals surface area contributed by atoms with Crippen molar-refractivity contribution in [3.05, 3.63) is 0 Å². The van der Waals surface area contributed by atoms with Gasteiger partial charge in [-0.25, -0.2) is 0 Å². The molecule has 0 saturated carbocycles. The molecule has 6 nitrogen and oxygen atoms in total. The number of hydrogen-bond donors (Lipinski definition) is 2. The van der Waals surface area contributed by atoms with Crippen molar-refractivity contribution in [1.82, 2.24) is 9.80 Å². The van der Waals surface area contributed by atoms with Gasteiger partial charge in [0.1, 0.15) is 0 Å². The molecule has 0 unspecified atom stereocenters. The smallest absolute Gasteiger partial charge is 0.317 e. The molecule has 0 atom stereocenters. The number of nitrogens with zero attached hydrogens (tertiary/aromatic N) is 2. The summed E-state index contributed by atoms with van der Waals surface area (Å²) in [7, 11) is -0.510. The number of carbonyl (C=O) groups is 2. The van der Waals surface area contributed by atoms with E-state index in [1.807, 2.05) is 0 Å². The predicted molar refractivity (Wildman–Crippen MR) is 71.7 cm³/mol. The Kier molecular flexibility index (Phi) is 4.91. The van der Waals surface area contributed by atoms with Crippen molar-refractivity contribution in [1.29, 1.82) is 0 Å². The van der Waals surface area contributed by atoms with Crippen LogP contribution in [0.25, 0.3) is 0 Å². The molecule has 2 aliphatic rings. The van der Waals surface area contributed by atoms with E-state index in [1.165, 1.54) is 12.3 Å². The summed E-state index contributed by atoms with van der Waals surface area (Å²) < 4.78 is 0. The molecule has 0 aromatic carbocycles. The van der Waals surface area contributed by atoms with Gasteiger partial charge in [0, 0.05) is 25.1 Å². The minimum atomic E-state index is -0.759. The molecule has 0 spiro atoms. The van der Waals surface area contributed by atoms with Gasteiger partial charge in [-0.2, -0.15) is 0 Å². The zero-order valence-corrected chi connectivity index (χ0v) is 11.9. The highest BCUT2D eigenvalue weighted by atomic mass is 31.1. The molecule has 2 heterocycles. The van der Waals surface area contributed by atoms with E-state index in [0.717, 1.165) is 25.1 Å². The summed E-state index contributed by atoms with van der Waals surface area (Å²) in [5, 5.41) is 17.8. The average molecular weight is 292 g/mol. The summed E-state index contributed by atoms with van der Waals surface area (Å²) in [6.07, 6.45) is 5.78. The van der Waals surface area contributed by atoms with E-state index in [9.17, 15) is 9.59 Å². The highest BCUT2D eigenvalue weighted by molar-refractivity contribution is 7.63. The van der Waals surface area contributed by atoms with Gasteiger partial charge in [0.15, 0.2) is 0 Å². The topological polar surface area (TPSA) is 81.1 Å². The normalized spacial score (nSPS) is 29.8. The van der Waals surface area contributed by atoms with E-state index in [2.05, 4.69) is 9.80 Å². The van der Waals surface area contributed by atoms with E-state index in [0.29, 0.717) is 0 Å². The Balaban J connectivity index is 1.98. The van der Waals surface area contributed by atoms with Crippen molar-refractivity contribution in [2.75, 3.05) is 50.6 Å². The summed E-state index contributed by atoms with van der Waals surface area (Å²) in [6, 6.07) is 0. The molecule has 8 heteroatoms. The molecular formula is C10H18N2O4P2. The van der Waals surface area contributed by atoms with Crippen LogP contribution >= 0.6 is 15.8 Å². The van der Waals surface area contributed by atoms with Crippen LogP contribution in [0.15, 0.2) is 0 Å². The maximum absolute atomic E-state index is 10.8. The molecule has 18 heavy (non-hydrogen) atoms. The average Bonchev–Trinajstić information content (AvgIpc) is 2.47. The van der Waals surface area contributed by atoms with Crippen LogP contribution in [-0.4, -0.2) is 82.5 Å². The Morgan fingerprint density at radius 3 is 1.44 bits per heavy atom. The Labute approximate surface area is 108 Å². The summed E-state index contributed by atoms with van der Waals surface area (Å²) in [5.41, 5.74) is 0. The van der Waals surface area contributed by atoms with Gasteiger partial charge in [-0.05, 0) is 12.3 Å². The molecule has 2 rings (SSSR count). The maximum atomic E-state index is 10.8. The Bertz CT molecular complexity index is 298. The van der Waals surface area contributed by atoms with Gasteiger partial charge in [0.25, 0.3) is 0 Å². The third-order valence-electron chi connectivity index (χ3n) is 3.05. The number of fused-ring (bicyclic) bond motifs is 3. The molecule has 2 aliphatic heterocycles. The van der Waals surface area contributed by atoms with E-state index in [1.54, 1.807) is 0 Å². The zero-order valence-electron chi connectivity index (χ0n) is 10.2. The number of carboxylic acid groups (broad SMARTS) is 2. The van der Waals surface area contributed by atoms with Crippen molar-refractivity contribution in [2.45, 2.75) is 0 Å². The lowest BCUT2D eigenvalue weighted by Gasteiger charge is -2.33. The summed E-state index contributed by atoms with van der Waals surface area (Å²) in [6.45, 7) is 0.271. The molecule has 2 N–H and O–H groups in total. The van der Waals surface area contributed by atoms with Crippen molar-refractivity contribution < 1.29 is 19.8 Å². The lowest BCUT2D eigenvalue weighted by Crippen LogP contribution is -2.37. The van der Waals surface area contributed by atoms with Crippen molar-refractivity contribution in [3.8, 4) is 0 Å². The maximum Gasteiger partial charge on any atom is 0.317 e. The minimum absolute atomic E-state index is 0.136. The van der Waals surface area contributed by atoms with Crippen LogP contribution in [0.1, 0.15) is 0 Å².